The summed E-state index contributed by atoms with van der Waals surface area (Å²) in [5.74, 6) is -0.0302. The van der Waals surface area contributed by atoms with Crippen LogP contribution in [0.25, 0.3) is 10.9 Å². The van der Waals surface area contributed by atoms with Crippen LogP contribution >= 0.6 is 0 Å². The number of aromatic amines is 1. The molecule has 7 heteroatoms. The molecule has 3 rings (SSSR count). The maximum absolute atomic E-state index is 12.2. The van der Waals surface area contributed by atoms with Gasteiger partial charge in [-0.15, -0.1) is 0 Å². The van der Waals surface area contributed by atoms with Crippen molar-refractivity contribution in [2.24, 2.45) is 0 Å². The van der Waals surface area contributed by atoms with Crippen molar-refractivity contribution >= 4 is 28.4 Å². The lowest BCUT2D eigenvalue weighted by Gasteiger charge is -2.07. The van der Waals surface area contributed by atoms with Crippen molar-refractivity contribution in [3.05, 3.63) is 54.2 Å². The molecule has 0 aliphatic heterocycles. The monoisotopic (exact) mass is 324 g/mol. The first-order valence-electron chi connectivity index (χ1n) is 7.32. The molecule has 1 aromatic heterocycles. The van der Waals surface area contributed by atoms with Gasteiger partial charge in [0.2, 0.25) is 5.91 Å². The van der Waals surface area contributed by atoms with Crippen molar-refractivity contribution in [3.8, 4) is 5.75 Å². The van der Waals surface area contributed by atoms with Gasteiger partial charge in [0.15, 0.2) is 5.69 Å². The second kappa shape index (κ2) is 6.82. The van der Waals surface area contributed by atoms with E-state index in [2.05, 4.69) is 20.8 Å². The zero-order valence-electron chi connectivity index (χ0n) is 13.0. The zero-order chi connectivity index (χ0) is 16.9. The van der Waals surface area contributed by atoms with E-state index in [9.17, 15) is 9.59 Å². The summed E-state index contributed by atoms with van der Waals surface area (Å²) in [6.07, 6.45) is 0. The summed E-state index contributed by atoms with van der Waals surface area (Å²) in [7, 11) is 1.57. The molecule has 0 saturated heterocycles. The van der Waals surface area contributed by atoms with Crippen molar-refractivity contribution in [1.82, 2.24) is 15.5 Å². The number of rotatable bonds is 5. The molecule has 0 bridgehead atoms. The van der Waals surface area contributed by atoms with Crippen LogP contribution in [0.4, 0.5) is 5.69 Å². The lowest BCUT2D eigenvalue weighted by atomic mass is 10.2. The number of nitrogens with one attached hydrogen (secondary N) is 3. The van der Waals surface area contributed by atoms with Crippen LogP contribution in [0.1, 0.15) is 10.5 Å². The largest absolute Gasteiger partial charge is 0.497 e. The summed E-state index contributed by atoms with van der Waals surface area (Å²) in [4.78, 5) is 24.1. The molecule has 0 unspecified atom stereocenters. The summed E-state index contributed by atoms with van der Waals surface area (Å²) in [6.45, 7) is -0.147. The predicted octanol–water partition coefficient (Wildman–Crippen LogP) is 1.94. The number of anilines is 1. The SMILES string of the molecule is COc1ccc(NC(=O)CNC(=O)c2n[nH]c3ccccc23)cc1. The van der Waals surface area contributed by atoms with Crippen LogP contribution in [-0.4, -0.2) is 35.7 Å². The van der Waals surface area contributed by atoms with Crippen molar-refractivity contribution in [1.29, 1.82) is 0 Å². The van der Waals surface area contributed by atoms with Gasteiger partial charge in [0, 0.05) is 11.1 Å². The van der Waals surface area contributed by atoms with Crippen LogP contribution in [0.5, 0.6) is 5.75 Å². The maximum Gasteiger partial charge on any atom is 0.272 e. The van der Waals surface area contributed by atoms with E-state index >= 15 is 0 Å². The molecule has 0 atom stereocenters. The lowest BCUT2D eigenvalue weighted by Crippen LogP contribution is -2.33. The van der Waals surface area contributed by atoms with Gasteiger partial charge in [-0.25, -0.2) is 0 Å². The Kier molecular flexibility index (Phi) is 4.42. The lowest BCUT2D eigenvalue weighted by molar-refractivity contribution is -0.115. The summed E-state index contributed by atoms with van der Waals surface area (Å²) in [6, 6.07) is 14.2. The van der Waals surface area contributed by atoms with Gasteiger partial charge in [-0.2, -0.15) is 5.10 Å². The number of hydrogen-bond acceptors (Lipinski definition) is 4. The van der Waals surface area contributed by atoms with Crippen LogP contribution in [0, 0.1) is 0 Å². The zero-order valence-corrected chi connectivity index (χ0v) is 13.0. The Hall–Kier alpha value is -3.35. The molecule has 0 fully saturated rings. The molecule has 2 amide bonds. The summed E-state index contributed by atoms with van der Waals surface area (Å²) < 4.78 is 5.05. The third-order valence-corrected chi connectivity index (χ3v) is 3.47. The van der Waals surface area contributed by atoms with E-state index in [0.717, 1.165) is 5.52 Å². The minimum Gasteiger partial charge on any atom is -0.497 e. The first kappa shape index (κ1) is 15.5. The van der Waals surface area contributed by atoms with E-state index in [4.69, 9.17) is 4.74 Å². The highest BCUT2D eigenvalue weighted by Crippen LogP contribution is 2.15. The summed E-state index contributed by atoms with van der Waals surface area (Å²) >= 11 is 0. The number of ether oxygens (including phenoxy) is 1. The average molecular weight is 324 g/mol. The molecule has 122 valence electrons. The standard InChI is InChI=1S/C17H16N4O3/c1-24-12-8-6-11(7-9-12)19-15(22)10-18-17(23)16-13-4-2-3-5-14(13)20-21-16/h2-9H,10H2,1H3,(H,18,23)(H,19,22)(H,20,21). The highest BCUT2D eigenvalue weighted by Gasteiger charge is 2.14. The second-order valence-corrected chi connectivity index (χ2v) is 5.08. The fraction of sp³-hybridized carbons (Fsp3) is 0.118. The second-order valence-electron chi connectivity index (χ2n) is 5.08. The molecule has 3 N–H and O–H groups in total. The molecular formula is C17H16N4O3. The molecule has 0 aliphatic rings. The molecule has 0 aliphatic carbocycles. The number of amides is 2. The number of carbonyl (C=O) groups is 2. The Bertz CT molecular complexity index is 871. The highest BCUT2D eigenvalue weighted by molar-refractivity contribution is 6.06. The quantitative estimate of drug-likeness (QED) is 0.668. The van der Waals surface area contributed by atoms with Gasteiger partial charge in [0.05, 0.1) is 19.2 Å². The third kappa shape index (κ3) is 3.35. The van der Waals surface area contributed by atoms with Crippen LogP contribution < -0.4 is 15.4 Å². The van der Waals surface area contributed by atoms with Gasteiger partial charge in [-0.1, -0.05) is 18.2 Å². The smallest absolute Gasteiger partial charge is 0.272 e. The number of para-hydroxylation sites is 1. The molecule has 0 spiro atoms. The van der Waals surface area contributed by atoms with Gasteiger partial charge >= 0.3 is 0 Å². The van der Waals surface area contributed by atoms with Crippen molar-refractivity contribution < 1.29 is 14.3 Å². The Morgan fingerprint density at radius 1 is 1.12 bits per heavy atom. The highest BCUT2D eigenvalue weighted by atomic mass is 16.5. The number of carbonyl (C=O) groups excluding carboxylic acids is 2. The maximum atomic E-state index is 12.2. The topological polar surface area (TPSA) is 96.1 Å². The molecule has 7 nitrogen and oxygen atoms in total. The summed E-state index contributed by atoms with van der Waals surface area (Å²) in [5.41, 5.74) is 1.66. The number of hydrogen-bond donors (Lipinski definition) is 3. The first-order valence-corrected chi connectivity index (χ1v) is 7.32. The van der Waals surface area contributed by atoms with Gasteiger partial charge in [0.1, 0.15) is 5.75 Å². The number of H-pyrrole nitrogens is 1. The van der Waals surface area contributed by atoms with E-state index in [-0.39, 0.29) is 18.1 Å². The number of nitrogens with zero attached hydrogens (tertiary/aromatic N) is 1. The fourth-order valence-electron chi connectivity index (χ4n) is 2.26. The Labute approximate surface area is 138 Å². The number of methoxy groups -OCH3 is 1. The van der Waals surface area contributed by atoms with Crippen LogP contribution in [-0.2, 0) is 4.79 Å². The van der Waals surface area contributed by atoms with E-state index in [1.54, 1.807) is 37.4 Å². The van der Waals surface area contributed by atoms with Crippen molar-refractivity contribution in [2.75, 3.05) is 19.0 Å². The Balaban J connectivity index is 1.58. The van der Waals surface area contributed by atoms with E-state index in [1.807, 2.05) is 18.2 Å². The summed E-state index contributed by atoms with van der Waals surface area (Å²) in [5, 5.41) is 12.7. The predicted molar refractivity (Wildman–Crippen MR) is 90.1 cm³/mol. The molecular weight excluding hydrogens is 308 g/mol. The van der Waals surface area contributed by atoms with Crippen LogP contribution in [0.2, 0.25) is 0 Å². The molecule has 0 saturated carbocycles. The molecule has 24 heavy (non-hydrogen) atoms. The number of aromatic nitrogens is 2. The van der Waals surface area contributed by atoms with Gasteiger partial charge in [-0.05, 0) is 30.3 Å². The number of fused-ring (bicyclic) bond motifs is 1. The molecule has 0 radical (unpaired) electrons. The van der Waals surface area contributed by atoms with E-state index in [0.29, 0.717) is 16.8 Å². The van der Waals surface area contributed by atoms with Gasteiger partial charge < -0.3 is 15.4 Å². The molecule has 1 heterocycles. The number of benzene rings is 2. The first-order chi connectivity index (χ1) is 11.7. The Morgan fingerprint density at radius 3 is 2.62 bits per heavy atom. The van der Waals surface area contributed by atoms with Crippen molar-refractivity contribution in [2.45, 2.75) is 0 Å². The third-order valence-electron chi connectivity index (χ3n) is 3.47. The molecule has 3 aromatic rings. The van der Waals surface area contributed by atoms with Crippen LogP contribution in [0.15, 0.2) is 48.5 Å². The van der Waals surface area contributed by atoms with Crippen LogP contribution in [0.3, 0.4) is 0 Å². The minimum atomic E-state index is -0.405. The van der Waals surface area contributed by atoms with Crippen molar-refractivity contribution in [3.63, 3.8) is 0 Å². The van der Waals surface area contributed by atoms with E-state index < -0.39 is 5.91 Å². The molecule has 2 aromatic carbocycles. The minimum absolute atomic E-state index is 0.147. The van der Waals surface area contributed by atoms with E-state index in [1.165, 1.54) is 0 Å². The fourth-order valence-corrected chi connectivity index (χ4v) is 2.26. The average Bonchev–Trinajstić information content (AvgIpc) is 3.04. The van der Waals surface area contributed by atoms with Gasteiger partial charge in [0.25, 0.3) is 5.91 Å². The van der Waals surface area contributed by atoms with Gasteiger partial charge in [-0.3, -0.25) is 14.7 Å². The normalized spacial score (nSPS) is 10.4. The Morgan fingerprint density at radius 2 is 1.88 bits per heavy atom.